The van der Waals surface area contributed by atoms with Gasteiger partial charge in [0.05, 0.1) is 5.69 Å². The van der Waals surface area contributed by atoms with Crippen LogP contribution in [0.15, 0.2) is 18.3 Å². The molecule has 0 aliphatic carbocycles. The van der Waals surface area contributed by atoms with Crippen molar-refractivity contribution in [2.75, 3.05) is 6.54 Å². The number of nitrogens with zero attached hydrogens (tertiary/aromatic N) is 4. The summed E-state index contributed by atoms with van der Waals surface area (Å²) < 4.78 is 1.84. The highest BCUT2D eigenvalue weighted by molar-refractivity contribution is 5.31. The van der Waals surface area contributed by atoms with E-state index in [9.17, 15) is 0 Å². The lowest BCUT2D eigenvalue weighted by Crippen LogP contribution is -2.13. The van der Waals surface area contributed by atoms with Crippen LogP contribution in [0.1, 0.15) is 23.9 Å². The van der Waals surface area contributed by atoms with Gasteiger partial charge in [0.1, 0.15) is 0 Å². The smallest absolute Gasteiger partial charge is 0.175 e. The average Bonchev–Trinajstić information content (AvgIpc) is 2.64. The van der Waals surface area contributed by atoms with E-state index in [1.807, 2.05) is 23.7 Å². The zero-order valence-corrected chi connectivity index (χ0v) is 10.4. The molecular weight excluding hydrogens is 214 g/mol. The zero-order valence-electron chi connectivity index (χ0n) is 10.4. The van der Waals surface area contributed by atoms with E-state index in [4.69, 9.17) is 0 Å². The molecule has 0 saturated heterocycles. The Labute approximate surface area is 101 Å². The van der Waals surface area contributed by atoms with Crippen molar-refractivity contribution in [2.24, 2.45) is 0 Å². The van der Waals surface area contributed by atoms with Gasteiger partial charge in [0, 0.05) is 24.0 Å². The first-order valence-electron chi connectivity index (χ1n) is 5.78. The summed E-state index contributed by atoms with van der Waals surface area (Å²) in [4.78, 5) is 0. The summed E-state index contributed by atoms with van der Waals surface area (Å²) in [5, 5.41) is 15.8. The Morgan fingerprint density at radius 3 is 2.82 bits per heavy atom. The van der Waals surface area contributed by atoms with Gasteiger partial charge in [-0.05, 0) is 32.5 Å². The van der Waals surface area contributed by atoms with Crippen molar-refractivity contribution in [3.05, 3.63) is 35.3 Å². The van der Waals surface area contributed by atoms with E-state index in [1.54, 1.807) is 6.20 Å². The van der Waals surface area contributed by atoms with Crippen LogP contribution >= 0.6 is 0 Å². The molecule has 2 aromatic rings. The Bertz CT molecular complexity index is 489. The Morgan fingerprint density at radius 1 is 1.35 bits per heavy atom. The first-order valence-corrected chi connectivity index (χ1v) is 5.78. The van der Waals surface area contributed by atoms with Gasteiger partial charge in [-0.2, -0.15) is 10.2 Å². The fraction of sp³-hybridized carbons (Fsp3) is 0.417. The first kappa shape index (κ1) is 11.7. The highest BCUT2D eigenvalue weighted by Crippen LogP contribution is 2.15. The van der Waals surface area contributed by atoms with Gasteiger partial charge in [-0.3, -0.25) is 0 Å². The lowest BCUT2D eigenvalue weighted by molar-refractivity contribution is 0.718. The normalized spacial score (nSPS) is 10.8. The number of aryl methyl sites for hydroxylation is 1. The Morgan fingerprint density at radius 2 is 2.18 bits per heavy atom. The molecule has 0 atom stereocenters. The number of hydrogen-bond acceptors (Lipinski definition) is 4. The van der Waals surface area contributed by atoms with Crippen LogP contribution in [0.3, 0.4) is 0 Å². The third kappa shape index (κ3) is 2.34. The predicted octanol–water partition coefficient (Wildman–Crippen LogP) is 1.39. The molecule has 0 aromatic carbocycles. The van der Waals surface area contributed by atoms with Crippen molar-refractivity contribution < 1.29 is 0 Å². The average molecular weight is 231 g/mol. The van der Waals surface area contributed by atoms with Crippen molar-refractivity contribution in [1.29, 1.82) is 0 Å². The summed E-state index contributed by atoms with van der Waals surface area (Å²) in [7, 11) is 0. The molecule has 2 rings (SSSR count). The maximum absolute atomic E-state index is 4.51. The van der Waals surface area contributed by atoms with Gasteiger partial charge in [-0.1, -0.05) is 6.92 Å². The van der Waals surface area contributed by atoms with E-state index in [0.717, 1.165) is 30.3 Å². The molecule has 2 aromatic heterocycles. The van der Waals surface area contributed by atoms with Crippen LogP contribution < -0.4 is 5.32 Å². The van der Waals surface area contributed by atoms with Crippen LogP contribution in [0.2, 0.25) is 0 Å². The molecule has 0 unspecified atom stereocenters. The molecule has 0 radical (unpaired) electrons. The van der Waals surface area contributed by atoms with Crippen LogP contribution in [0, 0.1) is 13.8 Å². The van der Waals surface area contributed by atoms with E-state index in [-0.39, 0.29) is 0 Å². The number of nitrogens with one attached hydrogen (secondary N) is 1. The molecule has 5 nitrogen and oxygen atoms in total. The van der Waals surface area contributed by atoms with Crippen molar-refractivity contribution in [1.82, 2.24) is 25.3 Å². The molecule has 2 heterocycles. The van der Waals surface area contributed by atoms with Gasteiger partial charge in [0.25, 0.3) is 0 Å². The van der Waals surface area contributed by atoms with E-state index >= 15 is 0 Å². The van der Waals surface area contributed by atoms with Gasteiger partial charge in [-0.25, -0.2) is 4.68 Å². The second-order valence-electron chi connectivity index (χ2n) is 3.92. The standard InChI is InChI=1S/C12H17N5/c1-4-13-8-11-9(2)16-17(10(11)3)12-6-5-7-14-15-12/h5-7,13H,4,8H2,1-3H3. The fourth-order valence-corrected chi connectivity index (χ4v) is 1.81. The maximum atomic E-state index is 4.51. The second-order valence-corrected chi connectivity index (χ2v) is 3.92. The molecule has 0 aliphatic rings. The summed E-state index contributed by atoms with van der Waals surface area (Å²) in [6, 6.07) is 3.77. The monoisotopic (exact) mass is 231 g/mol. The third-order valence-electron chi connectivity index (χ3n) is 2.77. The largest absolute Gasteiger partial charge is 0.313 e. The van der Waals surface area contributed by atoms with E-state index in [0.29, 0.717) is 0 Å². The van der Waals surface area contributed by atoms with Crippen LogP contribution in [0.25, 0.3) is 5.82 Å². The molecule has 0 saturated carbocycles. The maximum Gasteiger partial charge on any atom is 0.175 e. The highest BCUT2D eigenvalue weighted by Gasteiger charge is 2.12. The van der Waals surface area contributed by atoms with Gasteiger partial charge in [0.15, 0.2) is 5.82 Å². The molecular formula is C12H17N5. The minimum absolute atomic E-state index is 0.760. The van der Waals surface area contributed by atoms with Crippen molar-refractivity contribution in [3.63, 3.8) is 0 Å². The summed E-state index contributed by atoms with van der Waals surface area (Å²) in [6.45, 7) is 7.97. The first-order chi connectivity index (χ1) is 8.24. The lowest BCUT2D eigenvalue weighted by Gasteiger charge is -2.04. The number of hydrogen-bond donors (Lipinski definition) is 1. The van der Waals surface area contributed by atoms with Gasteiger partial charge >= 0.3 is 0 Å². The molecule has 1 N–H and O–H groups in total. The Hall–Kier alpha value is -1.75. The molecule has 0 bridgehead atoms. The quantitative estimate of drug-likeness (QED) is 0.864. The molecule has 0 aliphatic heterocycles. The highest BCUT2D eigenvalue weighted by atomic mass is 15.3. The molecule has 0 fully saturated rings. The topological polar surface area (TPSA) is 55.6 Å². The van der Waals surface area contributed by atoms with E-state index in [1.165, 1.54) is 5.56 Å². The van der Waals surface area contributed by atoms with E-state index < -0.39 is 0 Å². The zero-order chi connectivity index (χ0) is 12.3. The van der Waals surface area contributed by atoms with Crippen LogP contribution in [0.5, 0.6) is 0 Å². The summed E-state index contributed by atoms with van der Waals surface area (Å²) in [5.41, 5.74) is 3.38. The minimum Gasteiger partial charge on any atom is -0.313 e. The van der Waals surface area contributed by atoms with Crippen LogP contribution in [-0.2, 0) is 6.54 Å². The number of rotatable bonds is 4. The second kappa shape index (κ2) is 5.05. The molecule has 0 amide bonds. The van der Waals surface area contributed by atoms with E-state index in [2.05, 4.69) is 34.5 Å². The van der Waals surface area contributed by atoms with Crippen molar-refractivity contribution >= 4 is 0 Å². The van der Waals surface area contributed by atoms with Crippen LogP contribution in [-0.4, -0.2) is 26.5 Å². The summed E-state index contributed by atoms with van der Waals surface area (Å²) in [6.07, 6.45) is 1.66. The lowest BCUT2D eigenvalue weighted by atomic mass is 10.2. The van der Waals surface area contributed by atoms with Gasteiger partial charge in [0.2, 0.25) is 0 Å². The predicted molar refractivity (Wildman–Crippen MR) is 66.0 cm³/mol. The Balaban J connectivity index is 2.37. The molecule has 90 valence electrons. The van der Waals surface area contributed by atoms with Gasteiger partial charge in [-0.15, -0.1) is 5.10 Å². The molecule has 5 heteroatoms. The third-order valence-corrected chi connectivity index (χ3v) is 2.77. The molecule has 17 heavy (non-hydrogen) atoms. The van der Waals surface area contributed by atoms with Crippen LogP contribution in [0.4, 0.5) is 0 Å². The van der Waals surface area contributed by atoms with Gasteiger partial charge < -0.3 is 5.32 Å². The summed E-state index contributed by atoms with van der Waals surface area (Å²) >= 11 is 0. The summed E-state index contributed by atoms with van der Waals surface area (Å²) in [5.74, 6) is 0.760. The SMILES string of the molecule is CCNCc1c(C)nn(-c2cccnn2)c1C. The van der Waals surface area contributed by atoms with Crippen molar-refractivity contribution in [3.8, 4) is 5.82 Å². The number of aromatic nitrogens is 4. The fourth-order valence-electron chi connectivity index (χ4n) is 1.81. The Kier molecular flexibility index (Phi) is 3.49. The molecule has 0 spiro atoms. The minimum atomic E-state index is 0.760. The van der Waals surface area contributed by atoms with Crippen molar-refractivity contribution in [2.45, 2.75) is 27.3 Å².